The first kappa shape index (κ1) is 15.0. The van der Waals surface area contributed by atoms with Crippen LogP contribution >= 0.6 is 0 Å². The van der Waals surface area contributed by atoms with Gasteiger partial charge in [-0.25, -0.2) is 14.8 Å². The summed E-state index contributed by atoms with van der Waals surface area (Å²) in [6.45, 7) is 1.63. The maximum Gasteiger partial charge on any atom is 0.404 e. The summed E-state index contributed by atoms with van der Waals surface area (Å²) in [7, 11) is 0. The number of fused-ring (bicyclic) bond motifs is 3. The van der Waals surface area contributed by atoms with Crippen molar-refractivity contribution < 1.29 is 14.6 Å². The third kappa shape index (κ3) is 3.16. The molecule has 120 valence electrons. The molecular formula is C15H17N5O3. The topological polar surface area (TPSA) is 115 Å². The number of rotatable bonds is 6. The molecule has 0 fully saturated rings. The molecule has 3 rings (SSSR count). The molecule has 2 heterocycles. The van der Waals surface area contributed by atoms with E-state index in [1.807, 2.05) is 28.8 Å². The summed E-state index contributed by atoms with van der Waals surface area (Å²) in [6, 6.07) is 7.77. The second-order valence-corrected chi connectivity index (χ2v) is 4.99. The molecule has 0 bridgehead atoms. The predicted octanol–water partition coefficient (Wildman–Crippen LogP) is 1.45. The highest BCUT2D eigenvalue weighted by Crippen LogP contribution is 2.26. The standard InChI is InChI=1S/C15H17N5O3/c16-14-12-13(10-3-1-2-4-11(10)19-14)20(9-18-12)6-8-23-7-5-17-15(21)22/h1-4,9,17H,5-8H2,(H2,16,19)(H,21,22). The highest BCUT2D eigenvalue weighted by Gasteiger charge is 2.11. The molecule has 0 aliphatic carbocycles. The summed E-state index contributed by atoms with van der Waals surface area (Å²) in [6.07, 6.45) is 0.664. The summed E-state index contributed by atoms with van der Waals surface area (Å²) in [5.41, 5.74) is 8.41. The number of anilines is 1. The predicted molar refractivity (Wildman–Crippen MR) is 86.3 cm³/mol. The molecule has 3 aromatic rings. The van der Waals surface area contributed by atoms with Crippen molar-refractivity contribution in [1.29, 1.82) is 0 Å². The molecule has 0 aliphatic heterocycles. The number of nitrogens with two attached hydrogens (primary N) is 1. The van der Waals surface area contributed by atoms with E-state index in [1.54, 1.807) is 6.33 Å². The van der Waals surface area contributed by atoms with Gasteiger partial charge in [0.15, 0.2) is 5.82 Å². The molecule has 23 heavy (non-hydrogen) atoms. The summed E-state index contributed by atoms with van der Waals surface area (Å²) in [4.78, 5) is 19.0. The van der Waals surface area contributed by atoms with Crippen molar-refractivity contribution in [2.75, 3.05) is 25.5 Å². The van der Waals surface area contributed by atoms with Crippen molar-refractivity contribution in [3.05, 3.63) is 30.6 Å². The van der Waals surface area contributed by atoms with Gasteiger partial charge in [0, 0.05) is 18.5 Å². The fourth-order valence-electron chi connectivity index (χ4n) is 2.47. The molecule has 0 unspecified atom stereocenters. The number of imidazole rings is 1. The van der Waals surface area contributed by atoms with Gasteiger partial charge < -0.3 is 25.5 Å². The van der Waals surface area contributed by atoms with Crippen LogP contribution < -0.4 is 11.1 Å². The van der Waals surface area contributed by atoms with E-state index < -0.39 is 6.09 Å². The van der Waals surface area contributed by atoms with Crippen molar-refractivity contribution >= 4 is 33.8 Å². The lowest BCUT2D eigenvalue weighted by molar-refractivity contribution is 0.126. The third-order valence-electron chi connectivity index (χ3n) is 3.48. The van der Waals surface area contributed by atoms with Gasteiger partial charge >= 0.3 is 6.09 Å². The first-order valence-electron chi connectivity index (χ1n) is 7.20. The molecule has 0 atom stereocenters. The summed E-state index contributed by atoms with van der Waals surface area (Å²) >= 11 is 0. The lowest BCUT2D eigenvalue weighted by atomic mass is 10.2. The Hall–Kier alpha value is -2.87. The van der Waals surface area contributed by atoms with E-state index in [0.29, 0.717) is 31.1 Å². The van der Waals surface area contributed by atoms with Crippen molar-refractivity contribution in [1.82, 2.24) is 19.9 Å². The minimum atomic E-state index is -1.05. The largest absolute Gasteiger partial charge is 0.465 e. The Kier molecular flexibility index (Phi) is 4.24. The molecule has 1 amide bonds. The molecule has 1 aromatic carbocycles. The Labute approximate surface area is 131 Å². The quantitative estimate of drug-likeness (QED) is 0.593. The minimum Gasteiger partial charge on any atom is -0.465 e. The monoisotopic (exact) mass is 315 g/mol. The molecule has 0 aliphatic rings. The van der Waals surface area contributed by atoms with Gasteiger partial charge in [-0.05, 0) is 6.07 Å². The van der Waals surface area contributed by atoms with Gasteiger partial charge in [0.25, 0.3) is 0 Å². The second kappa shape index (κ2) is 6.49. The Balaban J connectivity index is 1.75. The second-order valence-electron chi connectivity index (χ2n) is 4.99. The molecule has 0 spiro atoms. The summed E-state index contributed by atoms with van der Waals surface area (Å²) < 4.78 is 7.40. The number of benzene rings is 1. The molecular weight excluding hydrogens is 298 g/mol. The van der Waals surface area contributed by atoms with Gasteiger partial charge in [0.2, 0.25) is 0 Å². The van der Waals surface area contributed by atoms with Crippen LogP contribution in [-0.2, 0) is 11.3 Å². The van der Waals surface area contributed by atoms with Crippen LogP contribution in [0.5, 0.6) is 0 Å². The number of para-hydroxylation sites is 1. The molecule has 0 saturated heterocycles. The number of hydrogen-bond donors (Lipinski definition) is 3. The van der Waals surface area contributed by atoms with E-state index >= 15 is 0 Å². The van der Waals surface area contributed by atoms with E-state index in [-0.39, 0.29) is 6.54 Å². The van der Waals surface area contributed by atoms with Crippen molar-refractivity contribution in [2.24, 2.45) is 0 Å². The van der Waals surface area contributed by atoms with Gasteiger partial charge in [-0.3, -0.25) is 0 Å². The van der Waals surface area contributed by atoms with Crippen LogP contribution in [0.3, 0.4) is 0 Å². The number of carboxylic acid groups (broad SMARTS) is 1. The number of amides is 1. The van der Waals surface area contributed by atoms with Crippen LogP contribution in [-0.4, -0.2) is 45.5 Å². The normalized spacial score (nSPS) is 11.1. The van der Waals surface area contributed by atoms with Gasteiger partial charge in [-0.1, -0.05) is 18.2 Å². The first-order valence-corrected chi connectivity index (χ1v) is 7.20. The molecule has 8 nitrogen and oxygen atoms in total. The highest BCUT2D eigenvalue weighted by atomic mass is 16.5. The maximum atomic E-state index is 10.3. The average molecular weight is 315 g/mol. The fourth-order valence-corrected chi connectivity index (χ4v) is 2.47. The van der Waals surface area contributed by atoms with Gasteiger partial charge in [0.1, 0.15) is 5.52 Å². The Morgan fingerprint density at radius 2 is 2.17 bits per heavy atom. The van der Waals surface area contributed by atoms with Crippen LogP contribution in [0.25, 0.3) is 21.9 Å². The fraction of sp³-hybridized carbons (Fsp3) is 0.267. The number of carbonyl (C=O) groups is 1. The average Bonchev–Trinajstić information content (AvgIpc) is 2.95. The van der Waals surface area contributed by atoms with Crippen LogP contribution in [0.4, 0.5) is 10.6 Å². The van der Waals surface area contributed by atoms with E-state index in [9.17, 15) is 4.79 Å². The molecule has 0 saturated carbocycles. The molecule has 2 aromatic heterocycles. The van der Waals surface area contributed by atoms with Crippen LogP contribution in [0.2, 0.25) is 0 Å². The van der Waals surface area contributed by atoms with Crippen LogP contribution in [0.1, 0.15) is 0 Å². The van der Waals surface area contributed by atoms with Crippen LogP contribution in [0, 0.1) is 0 Å². The highest BCUT2D eigenvalue weighted by molar-refractivity contribution is 6.06. The number of nitrogens with one attached hydrogen (secondary N) is 1. The van der Waals surface area contributed by atoms with E-state index in [1.165, 1.54) is 0 Å². The van der Waals surface area contributed by atoms with E-state index in [4.69, 9.17) is 15.6 Å². The van der Waals surface area contributed by atoms with E-state index in [0.717, 1.165) is 16.4 Å². The number of nitrogen functional groups attached to an aromatic ring is 1. The number of pyridine rings is 1. The number of aromatic nitrogens is 3. The van der Waals surface area contributed by atoms with Crippen molar-refractivity contribution in [3.8, 4) is 0 Å². The number of ether oxygens (including phenoxy) is 1. The SMILES string of the molecule is Nc1nc2ccccc2c2c1ncn2CCOCCNC(=O)O. The van der Waals surface area contributed by atoms with Crippen LogP contribution in [0.15, 0.2) is 30.6 Å². The van der Waals surface area contributed by atoms with Gasteiger partial charge in [-0.15, -0.1) is 0 Å². The zero-order valence-corrected chi connectivity index (χ0v) is 12.4. The first-order chi connectivity index (χ1) is 11.2. The molecule has 4 N–H and O–H groups in total. The number of hydrogen-bond acceptors (Lipinski definition) is 5. The van der Waals surface area contributed by atoms with Gasteiger partial charge in [0.05, 0.1) is 30.6 Å². The lowest BCUT2D eigenvalue weighted by Gasteiger charge is -2.08. The lowest BCUT2D eigenvalue weighted by Crippen LogP contribution is -2.25. The van der Waals surface area contributed by atoms with Crippen molar-refractivity contribution in [2.45, 2.75) is 6.54 Å². The zero-order valence-electron chi connectivity index (χ0n) is 12.4. The maximum absolute atomic E-state index is 10.3. The Morgan fingerprint density at radius 3 is 3.00 bits per heavy atom. The van der Waals surface area contributed by atoms with Crippen molar-refractivity contribution in [3.63, 3.8) is 0 Å². The third-order valence-corrected chi connectivity index (χ3v) is 3.48. The Morgan fingerprint density at radius 1 is 1.35 bits per heavy atom. The summed E-state index contributed by atoms with van der Waals surface area (Å²) in [5.74, 6) is 0.407. The molecule has 0 radical (unpaired) electrons. The Bertz CT molecular complexity index is 846. The minimum absolute atomic E-state index is 0.264. The zero-order chi connectivity index (χ0) is 16.2. The smallest absolute Gasteiger partial charge is 0.404 e. The summed E-state index contributed by atoms with van der Waals surface area (Å²) in [5, 5.41) is 11.7. The number of nitrogens with zero attached hydrogens (tertiary/aromatic N) is 3. The van der Waals surface area contributed by atoms with Gasteiger partial charge in [-0.2, -0.15) is 0 Å². The molecule has 8 heteroatoms. The van der Waals surface area contributed by atoms with E-state index in [2.05, 4.69) is 15.3 Å².